The fourth-order valence-corrected chi connectivity index (χ4v) is 5.12. The molecular formula is C25H26N2O4. The summed E-state index contributed by atoms with van der Waals surface area (Å²) in [6, 6.07) is 17.7. The van der Waals surface area contributed by atoms with Crippen LogP contribution in [0.1, 0.15) is 11.1 Å². The second-order valence-corrected chi connectivity index (χ2v) is 8.43. The Hall–Kier alpha value is -3.12. The smallest absolute Gasteiger partial charge is 0.230 e. The maximum absolute atomic E-state index is 13.3. The van der Waals surface area contributed by atoms with Gasteiger partial charge in [-0.2, -0.15) is 0 Å². The summed E-state index contributed by atoms with van der Waals surface area (Å²) in [7, 11) is 1.61. The van der Waals surface area contributed by atoms with E-state index in [9.17, 15) is 9.59 Å². The summed E-state index contributed by atoms with van der Waals surface area (Å²) in [6.45, 7) is 1.48. The molecule has 1 spiro atoms. The van der Waals surface area contributed by atoms with E-state index < -0.39 is 17.4 Å². The standard InChI is InChI=1S/C25H26N2O4/c1-30-19-10-6-5-9-18(19)15-26-23(28)21-20-11-13-25(31-20)16-27(24(29)22(21)25)14-12-17-7-3-2-4-8-17/h2-11,13,20-22H,12,14-16H2,1H3,(H,26,28)/t20-,21+,22-,25+/m1/s1. The van der Waals surface area contributed by atoms with Crippen molar-refractivity contribution in [2.24, 2.45) is 11.8 Å². The number of hydrogen-bond donors (Lipinski definition) is 1. The Morgan fingerprint density at radius 3 is 2.77 bits per heavy atom. The Morgan fingerprint density at radius 1 is 1.19 bits per heavy atom. The van der Waals surface area contributed by atoms with Crippen LogP contribution in [0.25, 0.3) is 0 Å². The quantitative estimate of drug-likeness (QED) is 0.701. The molecule has 0 saturated carbocycles. The average Bonchev–Trinajstić information content (AvgIpc) is 3.45. The third kappa shape index (κ3) is 3.41. The third-order valence-electron chi connectivity index (χ3n) is 6.64. The zero-order valence-electron chi connectivity index (χ0n) is 17.5. The molecular weight excluding hydrogens is 392 g/mol. The van der Waals surface area contributed by atoms with E-state index in [1.165, 1.54) is 5.56 Å². The molecule has 5 rings (SSSR count). The SMILES string of the molecule is COc1ccccc1CNC(=O)[C@H]1[C@H]2C=C[C@@]3(CN(CCc4ccccc4)C(=O)[C@@H]13)O2. The lowest BCUT2D eigenvalue weighted by atomic mass is 9.77. The van der Waals surface area contributed by atoms with Crippen LogP contribution < -0.4 is 10.1 Å². The van der Waals surface area contributed by atoms with Gasteiger partial charge in [0.2, 0.25) is 11.8 Å². The number of fused-ring (bicyclic) bond motifs is 1. The van der Waals surface area contributed by atoms with E-state index in [2.05, 4.69) is 17.4 Å². The largest absolute Gasteiger partial charge is 0.496 e. The number of methoxy groups -OCH3 is 1. The number of nitrogens with zero attached hydrogens (tertiary/aromatic N) is 1. The molecule has 31 heavy (non-hydrogen) atoms. The number of ether oxygens (including phenoxy) is 2. The summed E-state index contributed by atoms with van der Waals surface area (Å²) in [5, 5.41) is 3.00. The minimum absolute atomic E-state index is 0.0141. The molecule has 0 radical (unpaired) electrons. The summed E-state index contributed by atoms with van der Waals surface area (Å²) in [4.78, 5) is 28.3. The van der Waals surface area contributed by atoms with Gasteiger partial charge in [-0.3, -0.25) is 9.59 Å². The van der Waals surface area contributed by atoms with Crippen LogP contribution >= 0.6 is 0 Å². The predicted octanol–water partition coefficient (Wildman–Crippen LogP) is 2.34. The van der Waals surface area contributed by atoms with E-state index in [-0.39, 0.29) is 17.9 Å². The van der Waals surface area contributed by atoms with Gasteiger partial charge in [0, 0.05) is 18.7 Å². The molecule has 3 aliphatic heterocycles. The Labute approximate surface area is 181 Å². The number of amides is 2. The van der Waals surface area contributed by atoms with Gasteiger partial charge in [0.15, 0.2) is 0 Å². The average molecular weight is 418 g/mol. The highest BCUT2D eigenvalue weighted by Crippen LogP contribution is 2.51. The lowest BCUT2D eigenvalue weighted by Gasteiger charge is -2.23. The van der Waals surface area contributed by atoms with E-state index in [4.69, 9.17) is 9.47 Å². The number of carbonyl (C=O) groups is 2. The molecule has 4 atom stereocenters. The zero-order chi connectivity index (χ0) is 21.4. The Balaban J connectivity index is 1.28. The van der Waals surface area contributed by atoms with Crippen molar-refractivity contribution < 1.29 is 19.1 Å². The van der Waals surface area contributed by atoms with Crippen LogP contribution in [0.5, 0.6) is 5.75 Å². The van der Waals surface area contributed by atoms with Crippen LogP contribution in [0.2, 0.25) is 0 Å². The number of hydrogen-bond acceptors (Lipinski definition) is 4. The molecule has 2 amide bonds. The first kappa shape index (κ1) is 19.8. The van der Waals surface area contributed by atoms with Gasteiger partial charge >= 0.3 is 0 Å². The maximum atomic E-state index is 13.3. The second-order valence-electron chi connectivity index (χ2n) is 8.43. The van der Waals surface area contributed by atoms with Crippen LogP contribution in [0.3, 0.4) is 0 Å². The number of carbonyl (C=O) groups excluding carboxylic acids is 2. The maximum Gasteiger partial charge on any atom is 0.230 e. The normalized spacial score (nSPS) is 28.1. The van der Waals surface area contributed by atoms with E-state index in [1.54, 1.807) is 7.11 Å². The van der Waals surface area contributed by atoms with Crippen molar-refractivity contribution in [1.29, 1.82) is 0 Å². The minimum Gasteiger partial charge on any atom is -0.496 e. The Kier molecular flexibility index (Phi) is 5.02. The van der Waals surface area contributed by atoms with Crippen LogP contribution in [0, 0.1) is 11.8 Å². The molecule has 1 N–H and O–H groups in total. The van der Waals surface area contributed by atoms with Gasteiger partial charge in [-0.05, 0) is 18.1 Å². The molecule has 0 unspecified atom stereocenters. The van der Waals surface area contributed by atoms with Crippen molar-refractivity contribution in [1.82, 2.24) is 10.2 Å². The fraction of sp³-hybridized carbons (Fsp3) is 0.360. The first-order valence-corrected chi connectivity index (χ1v) is 10.7. The summed E-state index contributed by atoms with van der Waals surface area (Å²) in [6.07, 6.45) is 4.38. The highest BCUT2D eigenvalue weighted by atomic mass is 16.5. The van der Waals surface area contributed by atoms with Gasteiger partial charge in [-0.1, -0.05) is 60.7 Å². The molecule has 3 aliphatic rings. The number of benzene rings is 2. The van der Waals surface area contributed by atoms with Crippen LogP contribution in [-0.2, 0) is 27.3 Å². The Morgan fingerprint density at radius 2 is 1.97 bits per heavy atom. The number of nitrogens with one attached hydrogen (secondary N) is 1. The minimum atomic E-state index is -0.676. The molecule has 2 aromatic carbocycles. The van der Waals surface area contributed by atoms with Crippen molar-refractivity contribution in [2.45, 2.75) is 24.7 Å². The topological polar surface area (TPSA) is 67.9 Å². The molecule has 3 heterocycles. The van der Waals surface area contributed by atoms with Gasteiger partial charge in [-0.15, -0.1) is 0 Å². The monoisotopic (exact) mass is 418 g/mol. The van der Waals surface area contributed by atoms with E-state index in [0.29, 0.717) is 19.6 Å². The van der Waals surface area contributed by atoms with Gasteiger partial charge in [0.05, 0.1) is 31.6 Å². The molecule has 6 heteroatoms. The molecule has 160 valence electrons. The van der Waals surface area contributed by atoms with Crippen LogP contribution in [0.15, 0.2) is 66.7 Å². The highest BCUT2D eigenvalue weighted by molar-refractivity contribution is 5.93. The lowest BCUT2D eigenvalue weighted by molar-refractivity contribution is -0.137. The molecule has 2 aromatic rings. The summed E-state index contributed by atoms with van der Waals surface area (Å²) >= 11 is 0. The van der Waals surface area contributed by atoms with Crippen LogP contribution in [-0.4, -0.2) is 48.6 Å². The predicted molar refractivity (Wildman–Crippen MR) is 115 cm³/mol. The van der Waals surface area contributed by atoms with Crippen molar-refractivity contribution in [2.75, 3.05) is 20.2 Å². The Bertz CT molecular complexity index is 1020. The number of rotatable bonds is 7. The molecule has 0 aliphatic carbocycles. The van der Waals surface area contributed by atoms with Crippen molar-refractivity contribution >= 4 is 11.8 Å². The fourth-order valence-electron chi connectivity index (χ4n) is 5.12. The third-order valence-corrected chi connectivity index (χ3v) is 6.64. The summed E-state index contributed by atoms with van der Waals surface area (Å²) in [5.41, 5.74) is 1.41. The number of likely N-dealkylation sites (tertiary alicyclic amines) is 1. The van der Waals surface area contributed by atoms with Crippen molar-refractivity contribution in [3.63, 3.8) is 0 Å². The van der Waals surface area contributed by atoms with Gasteiger partial charge < -0.3 is 19.7 Å². The first-order valence-electron chi connectivity index (χ1n) is 10.7. The molecule has 0 aromatic heterocycles. The zero-order valence-corrected chi connectivity index (χ0v) is 17.5. The van der Waals surface area contributed by atoms with Gasteiger partial charge in [0.25, 0.3) is 0 Å². The molecule has 2 bridgehead atoms. The number of para-hydroxylation sites is 1. The van der Waals surface area contributed by atoms with E-state index >= 15 is 0 Å². The summed E-state index contributed by atoms with van der Waals surface area (Å²) < 4.78 is 11.6. The lowest BCUT2D eigenvalue weighted by Crippen LogP contribution is -2.44. The van der Waals surface area contributed by atoms with Crippen LogP contribution in [0.4, 0.5) is 0 Å². The molecule has 6 nitrogen and oxygen atoms in total. The van der Waals surface area contributed by atoms with E-state index in [0.717, 1.165) is 17.7 Å². The first-order chi connectivity index (χ1) is 15.1. The highest BCUT2D eigenvalue weighted by Gasteiger charge is 2.66. The molecule has 2 saturated heterocycles. The van der Waals surface area contributed by atoms with Gasteiger partial charge in [-0.25, -0.2) is 0 Å². The molecule has 2 fully saturated rings. The second kappa shape index (κ2) is 7.85. The van der Waals surface area contributed by atoms with Crippen molar-refractivity contribution in [3.05, 3.63) is 77.9 Å². The van der Waals surface area contributed by atoms with Crippen molar-refractivity contribution in [3.8, 4) is 5.75 Å². The summed E-state index contributed by atoms with van der Waals surface area (Å²) in [5.74, 6) is -0.372. The van der Waals surface area contributed by atoms with E-state index in [1.807, 2.05) is 59.5 Å². The van der Waals surface area contributed by atoms with Gasteiger partial charge in [0.1, 0.15) is 11.4 Å².